The molecule has 1 aliphatic carbocycles. The molecule has 1 aromatic carbocycles. The molecule has 5 rings (SSSR count). The zero-order valence-electron chi connectivity index (χ0n) is 14.0. The third-order valence-electron chi connectivity index (χ3n) is 4.97. The lowest BCUT2D eigenvalue weighted by atomic mass is 9.96. The molecule has 1 atom stereocenters. The number of H-pyrrole nitrogens is 1. The largest absolute Gasteiger partial charge is 0.343 e. The number of rotatable bonds is 4. The van der Waals surface area contributed by atoms with Crippen molar-refractivity contribution >= 4 is 11.2 Å². The van der Waals surface area contributed by atoms with Gasteiger partial charge in [0.1, 0.15) is 0 Å². The van der Waals surface area contributed by atoms with Crippen molar-refractivity contribution in [3.8, 4) is 22.9 Å². The van der Waals surface area contributed by atoms with Crippen LogP contribution >= 0.6 is 0 Å². The fourth-order valence-electron chi connectivity index (χ4n) is 3.41. The van der Waals surface area contributed by atoms with Crippen molar-refractivity contribution in [2.75, 3.05) is 0 Å². The number of pyridine rings is 1. The van der Waals surface area contributed by atoms with Gasteiger partial charge in [0.25, 0.3) is 0 Å². The number of nitrogens with zero attached hydrogens (tertiary/aromatic N) is 5. The highest BCUT2D eigenvalue weighted by atomic mass is 15.3. The SMILES string of the molecule is N#CC(c1ccc(-n2cc(-c3ccnc4nc[nH]c34)cn2)cc1)C1CC1. The molecule has 6 nitrogen and oxygen atoms in total. The average molecular weight is 340 g/mol. The molecule has 4 aromatic rings. The molecule has 1 saturated carbocycles. The van der Waals surface area contributed by atoms with Crippen molar-refractivity contribution < 1.29 is 0 Å². The van der Waals surface area contributed by atoms with Crippen LogP contribution in [0.25, 0.3) is 28.0 Å². The average Bonchev–Trinajstić information content (AvgIpc) is 3.20. The van der Waals surface area contributed by atoms with Crippen LogP contribution in [0.3, 0.4) is 0 Å². The van der Waals surface area contributed by atoms with Crippen LogP contribution in [-0.2, 0) is 0 Å². The minimum absolute atomic E-state index is 0.0164. The Labute approximate surface area is 150 Å². The summed E-state index contributed by atoms with van der Waals surface area (Å²) in [6.07, 6.45) is 9.56. The van der Waals surface area contributed by atoms with Crippen molar-refractivity contribution in [3.05, 3.63) is 60.8 Å². The van der Waals surface area contributed by atoms with Crippen molar-refractivity contribution in [3.63, 3.8) is 0 Å². The lowest BCUT2D eigenvalue weighted by Gasteiger charge is -2.09. The second-order valence-electron chi connectivity index (χ2n) is 6.67. The van der Waals surface area contributed by atoms with Gasteiger partial charge in [-0.3, -0.25) is 0 Å². The first-order valence-electron chi connectivity index (χ1n) is 8.66. The number of aromatic nitrogens is 5. The Hall–Kier alpha value is -3.46. The van der Waals surface area contributed by atoms with Gasteiger partial charge in [0.15, 0.2) is 5.65 Å². The number of benzene rings is 1. The predicted octanol–water partition coefficient (Wildman–Crippen LogP) is 3.83. The molecule has 1 fully saturated rings. The molecule has 1 unspecified atom stereocenters. The van der Waals surface area contributed by atoms with E-state index in [9.17, 15) is 5.26 Å². The van der Waals surface area contributed by atoms with E-state index in [4.69, 9.17) is 0 Å². The number of fused-ring (bicyclic) bond motifs is 1. The van der Waals surface area contributed by atoms with E-state index in [1.165, 1.54) is 0 Å². The maximum atomic E-state index is 9.39. The molecule has 126 valence electrons. The normalized spacial score (nSPS) is 15.0. The fraction of sp³-hybridized carbons (Fsp3) is 0.200. The molecule has 1 N–H and O–H groups in total. The Morgan fingerprint density at radius 3 is 2.77 bits per heavy atom. The summed E-state index contributed by atoms with van der Waals surface area (Å²) in [5, 5.41) is 13.9. The maximum absolute atomic E-state index is 9.39. The number of hydrogen-bond acceptors (Lipinski definition) is 4. The van der Waals surface area contributed by atoms with Crippen LogP contribution in [0, 0.1) is 17.2 Å². The summed E-state index contributed by atoms with van der Waals surface area (Å²) >= 11 is 0. The molecule has 0 radical (unpaired) electrons. The summed E-state index contributed by atoms with van der Waals surface area (Å²) in [5.41, 5.74) is 5.69. The fourth-order valence-corrected chi connectivity index (χ4v) is 3.41. The Morgan fingerprint density at radius 1 is 1.15 bits per heavy atom. The summed E-state index contributed by atoms with van der Waals surface area (Å²) in [5.74, 6) is 0.549. The smallest absolute Gasteiger partial charge is 0.178 e. The van der Waals surface area contributed by atoms with Crippen LogP contribution in [0.1, 0.15) is 24.3 Å². The van der Waals surface area contributed by atoms with E-state index in [2.05, 4.69) is 26.1 Å². The van der Waals surface area contributed by atoms with Gasteiger partial charge in [0.05, 0.1) is 35.7 Å². The first-order chi connectivity index (χ1) is 12.8. The van der Waals surface area contributed by atoms with E-state index in [0.717, 1.165) is 40.7 Å². The highest BCUT2D eigenvalue weighted by Gasteiger charge is 2.32. The van der Waals surface area contributed by atoms with Crippen LogP contribution in [-0.4, -0.2) is 24.7 Å². The molecular formula is C20H16N6. The zero-order valence-corrected chi connectivity index (χ0v) is 14.0. The number of nitriles is 1. The molecule has 0 spiro atoms. The van der Waals surface area contributed by atoms with E-state index >= 15 is 0 Å². The van der Waals surface area contributed by atoms with Gasteiger partial charge in [-0.2, -0.15) is 10.4 Å². The topological polar surface area (TPSA) is 83.2 Å². The molecular weight excluding hydrogens is 324 g/mol. The minimum atomic E-state index is 0.0164. The molecule has 6 heteroatoms. The monoisotopic (exact) mass is 340 g/mol. The summed E-state index contributed by atoms with van der Waals surface area (Å²) in [4.78, 5) is 11.6. The third kappa shape index (κ3) is 2.45. The standard InChI is InChI=1S/C20H16N6/c21-9-18(13-1-2-13)14-3-5-16(6-4-14)26-11-15(10-25-26)17-7-8-22-20-19(17)23-12-24-20/h3-8,10-13,18H,1-2H2,(H,22,23,24). The molecule has 26 heavy (non-hydrogen) atoms. The van der Waals surface area contributed by atoms with E-state index in [1.54, 1.807) is 12.5 Å². The van der Waals surface area contributed by atoms with Gasteiger partial charge in [-0.15, -0.1) is 0 Å². The predicted molar refractivity (Wildman–Crippen MR) is 97.5 cm³/mol. The maximum Gasteiger partial charge on any atom is 0.178 e. The van der Waals surface area contributed by atoms with Crippen LogP contribution in [0.2, 0.25) is 0 Å². The Balaban J connectivity index is 1.47. The first-order valence-corrected chi connectivity index (χ1v) is 8.66. The minimum Gasteiger partial charge on any atom is -0.343 e. The lowest BCUT2D eigenvalue weighted by Crippen LogP contribution is -1.99. The van der Waals surface area contributed by atoms with Gasteiger partial charge in [-0.25, -0.2) is 14.6 Å². The second kappa shape index (κ2) is 5.81. The summed E-state index contributed by atoms with van der Waals surface area (Å²) in [6.45, 7) is 0. The number of aromatic amines is 1. The van der Waals surface area contributed by atoms with E-state index in [1.807, 2.05) is 47.4 Å². The van der Waals surface area contributed by atoms with Gasteiger partial charge < -0.3 is 4.98 Å². The first kappa shape index (κ1) is 14.8. The highest BCUT2D eigenvalue weighted by molar-refractivity contribution is 5.88. The number of nitrogens with one attached hydrogen (secondary N) is 1. The molecule has 0 amide bonds. The van der Waals surface area contributed by atoms with E-state index in [-0.39, 0.29) is 5.92 Å². The van der Waals surface area contributed by atoms with Crippen LogP contribution in [0.4, 0.5) is 0 Å². The van der Waals surface area contributed by atoms with Gasteiger partial charge in [0.2, 0.25) is 0 Å². The van der Waals surface area contributed by atoms with Crippen molar-refractivity contribution in [1.29, 1.82) is 5.26 Å². The second-order valence-corrected chi connectivity index (χ2v) is 6.67. The van der Waals surface area contributed by atoms with Crippen LogP contribution in [0.15, 0.2) is 55.2 Å². The van der Waals surface area contributed by atoms with Crippen molar-refractivity contribution in [2.24, 2.45) is 5.92 Å². The third-order valence-corrected chi connectivity index (χ3v) is 4.97. The summed E-state index contributed by atoms with van der Waals surface area (Å²) < 4.78 is 1.85. The highest BCUT2D eigenvalue weighted by Crippen LogP contribution is 2.42. The number of hydrogen-bond donors (Lipinski definition) is 1. The van der Waals surface area contributed by atoms with E-state index in [0.29, 0.717) is 11.6 Å². The Kier molecular flexibility index (Phi) is 3.32. The quantitative estimate of drug-likeness (QED) is 0.612. The molecule has 3 heterocycles. The Bertz CT molecular complexity index is 1110. The van der Waals surface area contributed by atoms with E-state index < -0.39 is 0 Å². The lowest BCUT2D eigenvalue weighted by molar-refractivity contribution is 0.739. The summed E-state index contributed by atoms with van der Waals surface area (Å²) in [6, 6.07) is 12.5. The molecule has 0 bridgehead atoms. The van der Waals surface area contributed by atoms with Gasteiger partial charge in [-0.1, -0.05) is 12.1 Å². The summed E-state index contributed by atoms with van der Waals surface area (Å²) in [7, 11) is 0. The van der Waals surface area contributed by atoms with Crippen molar-refractivity contribution in [1.82, 2.24) is 24.7 Å². The van der Waals surface area contributed by atoms with Gasteiger partial charge in [-0.05, 0) is 42.5 Å². The van der Waals surface area contributed by atoms with Crippen LogP contribution in [0.5, 0.6) is 0 Å². The Morgan fingerprint density at radius 2 is 2.00 bits per heavy atom. The molecule has 0 saturated heterocycles. The van der Waals surface area contributed by atoms with Crippen molar-refractivity contribution in [2.45, 2.75) is 18.8 Å². The number of imidazole rings is 1. The molecule has 3 aromatic heterocycles. The molecule has 0 aliphatic heterocycles. The zero-order chi connectivity index (χ0) is 17.5. The molecule has 1 aliphatic rings. The van der Waals surface area contributed by atoms with Gasteiger partial charge in [0, 0.05) is 23.5 Å². The van der Waals surface area contributed by atoms with Gasteiger partial charge >= 0.3 is 0 Å². The van der Waals surface area contributed by atoms with Crippen LogP contribution < -0.4 is 0 Å².